The van der Waals surface area contributed by atoms with E-state index >= 15 is 0 Å². The van der Waals surface area contributed by atoms with Gasteiger partial charge in [-0.05, 0) is 6.92 Å². The second kappa shape index (κ2) is 3.10. The van der Waals surface area contributed by atoms with Crippen molar-refractivity contribution in [2.24, 2.45) is 0 Å². The van der Waals surface area contributed by atoms with E-state index in [4.69, 9.17) is 16.7 Å². The number of rotatable bonds is 1. The normalized spacial score (nSPS) is 12.1. The van der Waals surface area contributed by atoms with Gasteiger partial charge in [-0.15, -0.1) is 0 Å². The molecule has 13 heavy (non-hydrogen) atoms. The van der Waals surface area contributed by atoms with E-state index in [9.17, 15) is 13.2 Å². The third-order valence-electron chi connectivity index (χ3n) is 1.44. The van der Waals surface area contributed by atoms with Gasteiger partial charge < -0.3 is 5.11 Å². The number of aromatic nitrogens is 2. The highest BCUT2D eigenvalue weighted by Crippen LogP contribution is 2.38. The van der Waals surface area contributed by atoms with Gasteiger partial charge in [-0.25, -0.2) is 4.68 Å². The third kappa shape index (κ3) is 1.72. The molecule has 0 amide bonds. The number of hydrogen-bond acceptors (Lipinski definition) is 2. The summed E-state index contributed by atoms with van der Waals surface area (Å²) >= 11 is 5.22. The zero-order valence-corrected chi connectivity index (χ0v) is 7.32. The summed E-state index contributed by atoms with van der Waals surface area (Å²) in [7, 11) is 0. The Morgan fingerprint density at radius 3 is 2.31 bits per heavy atom. The molecule has 0 aliphatic rings. The van der Waals surface area contributed by atoms with Crippen LogP contribution in [0, 0.1) is 0 Å². The van der Waals surface area contributed by atoms with Crippen LogP contribution in [0.3, 0.4) is 0 Å². The minimum Gasteiger partial charge on any atom is -0.492 e. The molecule has 0 aromatic carbocycles. The molecular formula is C6H6ClF3N2O. The quantitative estimate of drug-likeness (QED) is 0.779. The summed E-state index contributed by atoms with van der Waals surface area (Å²) in [4.78, 5) is 0. The summed E-state index contributed by atoms with van der Waals surface area (Å²) in [5.74, 6) is -0.656. The number of aryl methyl sites for hydroxylation is 1. The molecule has 0 bridgehead atoms. The number of hydrogen-bond donors (Lipinski definition) is 1. The molecule has 0 fully saturated rings. The molecule has 0 saturated heterocycles. The molecule has 0 spiro atoms. The van der Waals surface area contributed by atoms with Crippen molar-refractivity contribution in [2.45, 2.75) is 19.6 Å². The van der Waals surface area contributed by atoms with E-state index in [1.165, 1.54) is 0 Å². The molecule has 3 nitrogen and oxygen atoms in total. The summed E-state index contributed by atoms with van der Waals surface area (Å²) in [5.41, 5.74) is -1.26. The summed E-state index contributed by atoms with van der Waals surface area (Å²) < 4.78 is 37.1. The predicted molar refractivity (Wildman–Crippen MR) is 39.6 cm³/mol. The smallest absolute Gasteiger partial charge is 0.436 e. The number of aromatic hydroxyl groups is 1. The van der Waals surface area contributed by atoms with Gasteiger partial charge >= 0.3 is 6.18 Å². The number of alkyl halides is 3. The van der Waals surface area contributed by atoms with E-state index in [1.54, 1.807) is 6.92 Å². The molecule has 1 rings (SSSR count). The van der Waals surface area contributed by atoms with E-state index in [2.05, 4.69) is 5.10 Å². The number of halogens is 4. The van der Waals surface area contributed by atoms with Gasteiger partial charge in [-0.3, -0.25) is 0 Å². The van der Waals surface area contributed by atoms with Gasteiger partial charge in [-0.1, -0.05) is 11.6 Å². The second-order valence-electron chi connectivity index (χ2n) is 2.30. The highest BCUT2D eigenvalue weighted by molar-refractivity contribution is 6.32. The third-order valence-corrected chi connectivity index (χ3v) is 1.79. The van der Waals surface area contributed by atoms with Crippen molar-refractivity contribution in [1.29, 1.82) is 0 Å². The van der Waals surface area contributed by atoms with E-state index in [0.29, 0.717) is 0 Å². The first-order valence-corrected chi connectivity index (χ1v) is 3.78. The molecule has 0 radical (unpaired) electrons. The molecule has 1 N–H and O–H groups in total. The van der Waals surface area contributed by atoms with Crippen LogP contribution in [0.2, 0.25) is 5.02 Å². The maximum absolute atomic E-state index is 12.1. The lowest BCUT2D eigenvalue weighted by Gasteiger charge is -2.00. The minimum atomic E-state index is -4.63. The minimum absolute atomic E-state index is 0.127. The predicted octanol–water partition coefficient (Wildman–Crippen LogP) is 2.28. The van der Waals surface area contributed by atoms with Gasteiger partial charge in [0, 0.05) is 6.54 Å². The van der Waals surface area contributed by atoms with E-state index in [0.717, 1.165) is 4.68 Å². The van der Waals surface area contributed by atoms with Crippen LogP contribution in [-0.4, -0.2) is 14.9 Å². The molecule has 7 heteroatoms. The largest absolute Gasteiger partial charge is 0.492 e. The van der Waals surface area contributed by atoms with Crippen LogP contribution in [0.1, 0.15) is 12.6 Å². The fraction of sp³-hybridized carbons (Fsp3) is 0.500. The average Bonchev–Trinajstić information content (AvgIpc) is 2.28. The van der Waals surface area contributed by atoms with Gasteiger partial charge in [0.2, 0.25) is 5.88 Å². The lowest BCUT2D eigenvalue weighted by Crippen LogP contribution is -2.07. The maximum atomic E-state index is 12.1. The Balaban J connectivity index is 3.25. The van der Waals surface area contributed by atoms with Gasteiger partial charge in [-0.2, -0.15) is 18.3 Å². The Hall–Kier alpha value is -0.910. The van der Waals surface area contributed by atoms with Crippen molar-refractivity contribution < 1.29 is 18.3 Å². The second-order valence-corrected chi connectivity index (χ2v) is 2.68. The fourth-order valence-electron chi connectivity index (χ4n) is 0.833. The molecule has 0 unspecified atom stereocenters. The van der Waals surface area contributed by atoms with Crippen molar-refractivity contribution in [3.63, 3.8) is 0 Å². The standard InChI is InChI=1S/C6H6ClF3N2O/c1-2-12-5(13)3(7)4(11-12)6(8,9)10/h13H,2H2,1H3. The molecule has 0 aliphatic carbocycles. The molecule has 0 saturated carbocycles. The highest BCUT2D eigenvalue weighted by atomic mass is 35.5. The molecule has 74 valence electrons. The van der Waals surface area contributed by atoms with E-state index in [1.807, 2.05) is 0 Å². The Morgan fingerprint density at radius 1 is 1.54 bits per heavy atom. The molecule has 1 aromatic heterocycles. The molecule has 0 aliphatic heterocycles. The Kier molecular flexibility index (Phi) is 2.42. The van der Waals surface area contributed by atoms with Crippen molar-refractivity contribution in [3.8, 4) is 5.88 Å². The van der Waals surface area contributed by atoms with Crippen molar-refractivity contribution >= 4 is 11.6 Å². The average molecular weight is 215 g/mol. The monoisotopic (exact) mass is 214 g/mol. The van der Waals surface area contributed by atoms with Gasteiger partial charge in [0.15, 0.2) is 5.69 Å². The van der Waals surface area contributed by atoms with Crippen LogP contribution in [0.4, 0.5) is 13.2 Å². The van der Waals surface area contributed by atoms with Gasteiger partial charge in [0.25, 0.3) is 0 Å². The first-order valence-electron chi connectivity index (χ1n) is 3.40. The fourth-order valence-corrected chi connectivity index (χ4v) is 1.08. The molecular weight excluding hydrogens is 209 g/mol. The Labute approximate surface area is 76.7 Å². The van der Waals surface area contributed by atoms with Crippen molar-refractivity contribution in [3.05, 3.63) is 10.7 Å². The van der Waals surface area contributed by atoms with Crippen molar-refractivity contribution in [1.82, 2.24) is 9.78 Å². The lowest BCUT2D eigenvalue weighted by molar-refractivity contribution is -0.141. The zero-order chi connectivity index (χ0) is 10.2. The van der Waals surface area contributed by atoms with Crippen LogP contribution in [0.25, 0.3) is 0 Å². The van der Waals surface area contributed by atoms with Crippen LogP contribution in [0.15, 0.2) is 0 Å². The zero-order valence-electron chi connectivity index (χ0n) is 6.56. The molecule has 0 atom stereocenters. The first kappa shape index (κ1) is 10.2. The first-order chi connectivity index (χ1) is 5.88. The SMILES string of the molecule is CCn1nc(C(F)(F)F)c(Cl)c1O. The van der Waals surface area contributed by atoms with Crippen LogP contribution in [-0.2, 0) is 12.7 Å². The van der Waals surface area contributed by atoms with Crippen LogP contribution < -0.4 is 0 Å². The summed E-state index contributed by atoms with van der Waals surface area (Å²) in [5, 5.41) is 11.4. The van der Waals surface area contributed by atoms with Crippen molar-refractivity contribution in [2.75, 3.05) is 0 Å². The summed E-state index contributed by atoms with van der Waals surface area (Å²) in [6.07, 6.45) is -4.63. The number of nitrogens with zero attached hydrogens (tertiary/aromatic N) is 2. The Bertz CT molecular complexity index is 320. The van der Waals surface area contributed by atoms with Gasteiger partial charge in [0.1, 0.15) is 5.02 Å². The van der Waals surface area contributed by atoms with Crippen LogP contribution >= 0.6 is 11.6 Å². The molecule has 1 heterocycles. The van der Waals surface area contributed by atoms with E-state index < -0.39 is 22.8 Å². The highest BCUT2D eigenvalue weighted by Gasteiger charge is 2.38. The van der Waals surface area contributed by atoms with Gasteiger partial charge in [0.05, 0.1) is 0 Å². The summed E-state index contributed by atoms with van der Waals surface area (Å²) in [6.45, 7) is 1.67. The Morgan fingerprint density at radius 2 is 2.08 bits per heavy atom. The lowest BCUT2D eigenvalue weighted by atomic mass is 10.4. The topological polar surface area (TPSA) is 38.0 Å². The molecule has 1 aromatic rings. The van der Waals surface area contributed by atoms with E-state index in [-0.39, 0.29) is 6.54 Å². The summed E-state index contributed by atoms with van der Waals surface area (Å²) in [6, 6.07) is 0. The van der Waals surface area contributed by atoms with Crippen LogP contribution in [0.5, 0.6) is 5.88 Å². The maximum Gasteiger partial charge on any atom is 0.436 e.